The first-order valence-electron chi connectivity index (χ1n) is 5.31. The molecule has 1 aromatic rings. The van der Waals surface area contributed by atoms with E-state index >= 15 is 0 Å². The molecule has 0 radical (unpaired) electrons. The van der Waals surface area contributed by atoms with Gasteiger partial charge in [0.1, 0.15) is 5.92 Å². The second kappa shape index (κ2) is 5.81. The summed E-state index contributed by atoms with van der Waals surface area (Å²) in [6.45, 7) is 1.45. The number of hydrogen-bond acceptors (Lipinski definition) is 3. The Balaban J connectivity index is 2.64. The first-order valence-corrected chi connectivity index (χ1v) is 5.31. The second-order valence-corrected chi connectivity index (χ2v) is 3.84. The Morgan fingerprint density at radius 1 is 1.39 bits per heavy atom. The first-order chi connectivity index (χ1) is 8.41. The van der Waals surface area contributed by atoms with Crippen LogP contribution < -0.4 is 11.1 Å². The fraction of sp³-hybridized carbons (Fsp3) is 0.250. The molecule has 0 aliphatic carbocycles. The molecule has 1 unspecified atom stereocenters. The summed E-state index contributed by atoms with van der Waals surface area (Å²) in [5.41, 5.74) is 6.14. The second-order valence-electron chi connectivity index (χ2n) is 3.84. The van der Waals surface area contributed by atoms with E-state index < -0.39 is 23.7 Å². The molecule has 2 amide bonds. The van der Waals surface area contributed by atoms with E-state index in [0.717, 1.165) is 0 Å². The van der Waals surface area contributed by atoms with Crippen LogP contribution in [0.4, 0.5) is 0 Å². The molecule has 6 heteroatoms. The summed E-state index contributed by atoms with van der Waals surface area (Å²) in [6, 6.07) is 6.46. The minimum Gasteiger partial charge on any atom is -0.481 e. The van der Waals surface area contributed by atoms with Gasteiger partial charge in [0.25, 0.3) is 0 Å². The van der Waals surface area contributed by atoms with Crippen molar-refractivity contribution in [3.8, 4) is 0 Å². The average molecular weight is 250 g/mol. The third kappa shape index (κ3) is 3.58. The van der Waals surface area contributed by atoms with Gasteiger partial charge in [-0.1, -0.05) is 12.1 Å². The van der Waals surface area contributed by atoms with Crippen LogP contribution in [-0.2, 0) is 16.1 Å². The largest absolute Gasteiger partial charge is 0.481 e. The highest BCUT2D eigenvalue weighted by molar-refractivity contribution is 5.96. The fourth-order valence-corrected chi connectivity index (χ4v) is 1.29. The summed E-state index contributed by atoms with van der Waals surface area (Å²) in [5.74, 6) is -3.42. The highest BCUT2D eigenvalue weighted by Gasteiger charge is 2.19. The van der Waals surface area contributed by atoms with Gasteiger partial charge in [0.2, 0.25) is 11.8 Å². The van der Waals surface area contributed by atoms with Gasteiger partial charge in [-0.05, 0) is 24.6 Å². The summed E-state index contributed by atoms with van der Waals surface area (Å²) in [4.78, 5) is 32.9. The van der Waals surface area contributed by atoms with Crippen molar-refractivity contribution < 1.29 is 19.5 Å². The maximum atomic E-state index is 11.4. The number of primary amides is 1. The number of carbonyl (C=O) groups excluding carboxylic acids is 2. The van der Waals surface area contributed by atoms with Crippen LogP contribution in [-0.4, -0.2) is 22.9 Å². The normalized spacial score (nSPS) is 11.6. The van der Waals surface area contributed by atoms with E-state index in [1.54, 1.807) is 24.3 Å². The topological polar surface area (TPSA) is 109 Å². The molecule has 0 bridgehead atoms. The van der Waals surface area contributed by atoms with Gasteiger partial charge in [0, 0.05) is 12.1 Å². The molecule has 6 nitrogen and oxygen atoms in total. The van der Waals surface area contributed by atoms with E-state index in [9.17, 15) is 14.4 Å². The first kappa shape index (κ1) is 13.7. The number of nitrogens with two attached hydrogens (primary N) is 1. The highest BCUT2D eigenvalue weighted by atomic mass is 16.4. The van der Waals surface area contributed by atoms with Crippen LogP contribution >= 0.6 is 0 Å². The fourth-order valence-electron chi connectivity index (χ4n) is 1.29. The lowest BCUT2D eigenvalue weighted by atomic mass is 10.1. The Morgan fingerprint density at radius 2 is 2.06 bits per heavy atom. The van der Waals surface area contributed by atoms with Gasteiger partial charge in [-0.25, -0.2) is 0 Å². The number of carbonyl (C=O) groups is 3. The van der Waals surface area contributed by atoms with Crippen molar-refractivity contribution in [1.29, 1.82) is 0 Å². The maximum Gasteiger partial charge on any atom is 0.315 e. The molecule has 1 rings (SSSR count). The van der Waals surface area contributed by atoms with Crippen molar-refractivity contribution in [2.45, 2.75) is 13.5 Å². The van der Waals surface area contributed by atoms with Crippen molar-refractivity contribution in [2.75, 3.05) is 0 Å². The zero-order valence-electron chi connectivity index (χ0n) is 9.84. The lowest BCUT2D eigenvalue weighted by molar-refractivity contribution is -0.146. The van der Waals surface area contributed by atoms with Gasteiger partial charge in [-0.15, -0.1) is 0 Å². The van der Waals surface area contributed by atoms with Crippen LogP contribution in [0, 0.1) is 5.92 Å². The quantitative estimate of drug-likeness (QED) is 0.645. The van der Waals surface area contributed by atoms with Crippen molar-refractivity contribution in [3.05, 3.63) is 35.4 Å². The summed E-state index contributed by atoms with van der Waals surface area (Å²) >= 11 is 0. The van der Waals surface area contributed by atoms with Gasteiger partial charge in [0.05, 0.1) is 0 Å². The summed E-state index contributed by atoms with van der Waals surface area (Å²) < 4.78 is 0. The Labute approximate surface area is 104 Å². The van der Waals surface area contributed by atoms with Crippen LogP contribution in [0.25, 0.3) is 0 Å². The number of rotatable bonds is 5. The molecule has 0 aromatic heterocycles. The monoisotopic (exact) mass is 250 g/mol. The smallest absolute Gasteiger partial charge is 0.315 e. The number of nitrogens with one attached hydrogen (secondary N) is 1. The van der Waals surface area contributed by atoms with Crippen molar-refractivity contribution in [1.82, 2.24) is 5.32 Å². The number of aliphatic carboxylic acids is 1. The van der Waals surface area contributed by atoms with Crippen LogP contribution in [0.2, 0.25) is 0 Å². The average Bonchev–Trinajstić information content (AvgIpc) is 2.35. The van der Waals surface area contributed by atoms with E-state index in [1.807, 2.05) is 0 Å². The number of hydrogen-bond donors (Lipinski definition) is 3. The minimum absolute atomic E-state index is 0.150. The van der Waals surface area contributed by atoms with E-state index in [0.29, 0.717) is 11.1 Å². The zero-order chi connectivity index (χ0) is 13.7. The van der Waals surface area contributed by atoms with Crippen LogP contribution in [0.3, 0.4) is 0 Å². The molecule has 1 atom stereocenters. The maximum absolute atomic E-state index is 11.4. The molecule has 96 valence electrons. The molecule has 1 aromatic carbocycles. The number of benzene rings is 1. The van der Waals surface area contributed by atoms with Crippen LogP contribution in [0.15, 0.2) is 24.3 Å². The molecular formula is C12H14N2O4. The lowest BCUT2D eigenvalue weighted by Crippen LogP contribution is -2.33. The molecule has 0 spiro atoms. The third-order valence-corrected chi connectivity index (χ3v) is 2.44. The third-order valence-electron chi connectivity index (χ3n) is 2.44. The number of amides is 2. The predicted octanol–water partition coefficient (Wildman–Crippen LogP) is 0.122. The molecule has 18 heavy (non-hydrogen) atoms. The standard InChI is InChI=1S/C12H14N2O4/c1-7(12(17)18)11(16)14-6-8-3-2-4-9(5-8)10(13)15/h2-5,7H,6H2,1H3,(H2,13,15)(H,14,16)(H,17,18). The molecule has 0 fully saturated rings. The van der Waals surface area contributed by atoms with Crippen molar-refractivity contribution >= 4 is 17.8 Å². The lowest BCUT2D eigenvalue weighted by Gasteiger charge is -2.08. The van der Waals surface area contributed by atoms with Gasteiger partial charge in [-0.2, -0.15) is 0 Å². The SMILES string of the molecule is CC(C(=O)O)C(=O)NCc1cccc(C(N)=O)c1. The Morgan fingerprint density at radius 3 is 2.61 bits per heavy atom. The molecular weight excluding hydrogens is 236 g/mol. The van der Waals surface area contributed by atoms with Crippen LogP contribution in [0.1, 0.15) is 22.8 Å². The Bertz CT molecular complexity index is 485. The van der Waals surface area contributed by atoms with Crippen molar-refractivity contribution in [3.63, 3.8) is 0 Å². The zero-order valence-corrected chi connectivity index (χ0v) is 9.84. The molecule has 0 saturated carbocycles. The molecule has 0 heterocycles. The Kier molecular flexibility index (Phi) is 4.42. The van der Waals surface area contributed by atoms with E-state index in [-0.39, 0.29) is 6.54 Å². The van der Waals surface area contributed by atoms with E-state index in [2.05, 4.69) is 5.32 Å². The molecule has 0 aliphatic heterocycles. The van der Waals surface area contributed by atoms with Gasteiger partial charge in [-0.3, -0.25) is 14.4 Å². The Hall–Kier alpha value is -2.37. The molecule has 0 aliphatic rings. The van der Waals surface area contributed by atoms with Crippen molar-refractivity contribution in [2.24, 2.45) is 11.7 Å². The van der Waals surface area contributed by atoms with E-state index in [4.69, 9.17) is 10.8 Å². The van der Waals surface area contributed by atoms with Crippen LogP contribution in [0.5, 0.6) is 0 Å². The minimum atomic E-state index is -1.18. The highest BCUT2D eigenvalue weighted by Crippen LogP contribution is 2.05. The van der Waals surface area contributed by atoms with Gasteiger partial charge < -0.3 is 16.2 Å². The summed E-state index contributed by atoms with van der Waals surface area (Å²) in [6.07, 6.45) is 0. The summed E-state index contributed by atoms with van der Waals surface area (Å²) in [5, 5.41) is 11.1. The molecule has 0 saturated heterocycles. The predicted molar refractivity (Wildman–Crippen MR) is 63.6 cm³/mol. The number of carboxylic acids is 1. The van der Waals surface area contributed by atoms with E-state index in [1.165, 1.54) is 6.92 Å². The number of carboxylic acid groups (broad SMARTS) is 1. The molecule has 4 N–H and O–H groups in total. The van der Waals surface area contributed by atoms with Gasteiger partial charge >= 0.3 is 5.97 Å². The van der Waals surface area contributed by atoms with Gasteiger partial charge in [0.15, 0.2) is 0 Å². The summed E-state index contributed by atoms with van der Waals surface area (Å²) in [7, 11) is 0.